The van der Waals surface area contributed by atoms with Crippen molar-refractivity contribution in [3.8, 4) is 17.2 Å². The Hall–Kier alpha value is -1.71. The predicted molar refractivity (Wildman–Crippen MR) is 58.2 cm³/mol. The fourth-order valence-electron chi connectivity index (χ4n) is 1.90. The predicted octanol–water partition coefficient (Wildman–Crippen LogP) is 2.01. The van der Waals surface area contributed by atoms with Gasteiger partial charge in [-0.3, -0.25) is 4.79 Å². The zero-order valence-electron chi connectivity index (χ0n) is 9.28. The molecule has 4 heteroatoms. The summed E-state index contributed by atoms with van der Waals surface area (Å²) in [5, 5.41) is 19.4. The Morgan fingerprint density at radius 1 is 1.44 bits per heavy atom. The number of carbonyl (C=O) groups is 1. The third-order valence-electron chi connectivity index (χ3n) is 2.82. The smallest absolute Gasteiger partial charge is 0.201 e. The molecule has 1 aromatic carbocycles. The number of carbonyl (C=O) groups excluding carboxylic acids is 1. The van der Waals surface area contributed by atoms with E-state index in [1.54, 1.807) is 6.07 Å². The molecule has 1 aromatic rings. The van der Waals surface area contributed by atoms with Crippen LogP contribution in [-0.4, -0.2) is 22.1 Å². The summed E-state index contributed by atoms with van der Waals surface area (Å²) >= 11 is 0. The molecule has 1 heterocycles. The van der Waals surface area contributed by atoms with Crippen LogP contribution in [0.1, 0.15) is 36.2 Å². The van der Waals surface area contributed by atoms with E-state index < -0.39 is 0 Å². The lowest BCUT2D eigenvalue weighted by Gasteiger charge is -2.24. The van der Waals surface area contributed by atoms with Gasteiger partial charge in [0.25, 0.3) is 0 Å². The van der Waals surface area contributed by atoms with E-state index in [2.05, 4.69) is 0 Å². The molecule has 0 spiro atoms. The molecule has 4 nitrogen and oxygen atoms in total. The minimum absolute atomic E-state index is 0.0148. The number of aromatic hydroxyl groups is 2. The molecule has 0 radical (unpaired) electrons. The summed E-state index contributed by atoms with van der Waals surface area (Å²) in [6.45, 7) is 3.26. The highest BCUT2D eigenvalue weighted by molar-refractivity contribution is 5.98. The number of rotatable bonds is 1. The molecule has 0 saturated heterocycles. The van der Waals surface area contributed by atoms with Crippen molar-refractivity contribution >= 4 is 5.78 Å². The molecule has 0 saturated carbocycles. The number of phenolic OH excluding ortho intramolecular Hbond substituents is 2. The van der Waals surface area contributed by atoms with Crippen LogP contribution in [0.4, 0.5) is 0 Å². The SMILES string of the molecule is CC(=O)c1cc2c(c(O)c1O)OC(C)CC2. The van der Waals surface area contributed by atoms with Crippen LogP contribution in [0.2, 0.25) is 0 Å². The second-order valence-corrected chi connectivity index (χ2v) is 4.13. The summed E-state index contributed by atoms with van der Waals surface area (Å²) in [7, 11) is 0. The van der Waals surface area contributed by atoms with Crippen LogP contribution in [0.3, 0.4) is 0 Å². The quantitative estimate of drug-likeness (QED) is 0.563. The summed E-state index contributed by atoms with van der Waals surface area (Å²) in [4.78, 5) is 11.3. The maximum Gasteiger partial charge on any atom is 0.201 e. The first-order valence-corrected chi connectivity index (χ1v) is 5.26. The van der Waals surface area contributed by atoms with Crippen molar-refractivity contribution in [2.45, 2.75) is 32.8 Å². The number of ether oxygens (including phenoxy) is 1. The van der Waals surface area contributed by atoms with E-state index in [0.29, 0.717) is 5.75 Å². The Balaban J connectivity index is 2.58. The van der Waals surface area contributed by atoms with Gasteiger partial charge in [0, 0.05) is 0 Å². The third-order valence-corrected chi connectivity index (χ3v) is 2.82. The van der Waals surface area contributed by atoms with Gasteiger partial charge in [-0.05, 0) is 38.3 Å². The summed E-state index contributed by atoms with van der Waals surface area (Å²) in [6.07, 6.45) is 1.60. The van der Waals surface area contributed by atoms with E-state index in [-0.39, 0.29) is 28.9 Å². The first-order valence-electron chi connectivity index (χ1n) is 5.26. The van der Waals surface area contributed by atoms with Crippen LogP contribution in [0.5, 0.6) is 17.2 Å². The normalized spacial score (nSPS) is 18.8. The summed E-state index contributed by atoms with van der Waals surface area (Å²) in [5.41, 5.74) is 0.924. The molecule has 1 aliphatic heterocycles. The highest BCUT2D eigenvalue weighted by Crippen LogP contribution is 2.44. The molecule has 0 bridgehead atoms. The number of fused-ring (bicyclic) bond motifs is 1. The Kier molecular flexibility index (Phi) is 2.50. The van der Waals surface area contributed by atoms with Gasteiger partial charge >= 0.3 is 0 Å². The fourth-order valence-corrected chi connectivity index (χ4v) is 1.90. The molecule has 1 atom stereocenters. The van der Waals surface area contributed by atoms with Crippen LogP contribution in [-0.2, 0) is 6.42 Å². The molecule has 1 aliphatic rings. The lowest BCUT2D eigenvalue weighted by atomic mass is 9.97. The molecular formula is C12H14O4. The molecule has 0 aromatic heterocycles. The summed E-state index contributed by atoms with van der Waals surface area (Å²) in [5.74, 6) is -0.676. The Morgan fingerprint density at radius 3 is 2.75 bits per heavy atom. The molecule has 86 valence electrons. The monoisotopic (exact) mass is 222 g/mol. The van der Waals surface area contributed by atoms with E-state index in [1.807, 2.05) is 6.92 Å². The maximum absolute atomic E-state index is 11.3. The average molecular weight is 222 g/mol. The second kappa shape index (κ2) is 3.70. The van der Waals surface area contributed by atoms with E-state index >= 15 is 0 Å². The van der Waals surface area contributed by atoms with Crippen molar-refractivity contribution < 1.29 is 19.7 Å². The molecular weight excluding hydrogens is 208 g/mol. The lowest BCUT2D eigenvalue weighted by Crippen LogP contribution is -2.19. The molecule has 0 amide bonds. The third kappa shape index (κ3) is 1.60. The van der Waals surface area contributed by atoms with Crippen LogP contribution in [0, 0.1) is 0 Å². The standard InChI is InChI=1S/C12H14O4/c1-6-3-4-8-5-9(7(2)13)10(14)11(15)12(8)16-6/h5-6,14-15H,3-4H2,1-2H3. The highest BCUT2D eigenvalue weighted by Gasteiger charge is 2.25. The molecule has 1 unspecified atom stereocenters. The van der Waals surface area contributed by atoms with Crippen LogP contribution in [0.25, 0.3) is 0 Å². The number of aryl methyl sites for hydroxylation is 1. The Bertz CT molecular complexity index is 451. The van der Waals surface area contributed by atoms with E-state index in [0.717, 1.165) is 18.4 Å². The minimum Gasteiger partial charge on any atom is -0.504 e. The topological polar surface area (TPSA) is 66.8 Å². The van der Waals surface area contributed by atoms with Gasteiger partial charge < -0.3 is 14.9 Å². The number of hydrogen-bond donors (Lipinski definition) is 2. The molecule has 2 N–H and O–H groups in total. The second-order valence-electron chi connectivity index (χ2n) is 4.13. The number of phenols is 2. The van der Waals surface area contributed by atoms with Crippen molar-refractivity contribution in [3.05, 3.63) is 17.2 Å². The van der Waals surface area contributed by atoms with Gasteiger partial charge in [0.05, 0.1) is 11.7 Å². The minimum atomic E-state index is -0.389. The van der Waals surface area contributed by atoms with Crippen molar-refractivity contribution in [2.24, 2.45) is 0 Å². The van der Waals surface area contributed by atoms with Gasteiger partial charge in [-0.1, -0.05) is 0 Å². The zero-order valence-corrected chi connectivity index (χ0v) is 9.28. The summed E-state index contributed by atoms with van der Waals surface area (Å²) < 4.78 is 5.46. The van der Waals surface area contributed by atoms with Crippen molar-refractivity contribution in [1.82, 2.24) is 0 Å². The Morgan fingerprint density at radius 2 is 2.12 bits per heavy atom. The first kappa shape index (κ1) is 10.8. The van der Waals surface area contributed by atoms with Gasteiger partial charge in [-0.2, -0.15) is 0 Å². The average Bonchev–Trinajstić information content (AvgIpc) is 2.23. The lowest BCUT2D eigenvalue weighted by molar-refractivity contribution is 0.101. The van der Waals surface area contributed by atoms with Gasteiger partial charge in [-0.25, -0.2) is 0 Å². The number of hydrogen-bond acceptors (Lipinski definition) is 4. The molecule has 2 rings (SSSR count). The van der Waals surface area contributed by atoms with Crippen LogP contribution >= 0.6 is 0 Å². The number of Topliss-reactive ketones (excluding diaryl/α,β-unsaturated/α-hetero) is 1. The molecule has 0 fully saturated rings. The highest BCUT2D eigenvalue weighted by atomic mass is 16.5. The van der Waals surface area contributed by atoms with Crippen molar-refractivity contribution in [2.75, 3.05) is 0 Å². The summed E-state index contributed by atoms with van der Waals surface area (Å²) in [6, 6.07) is 1.60. The first-order chi connectivity index (χ1) is 7.50. The fraction of sp³-hybridized carbons (Fsp3) is 0.417. The number of benzene rings is 1. The van der Waals surface area contributed by atoms with Gasteiger partial charge in [0.1, 0.15) is 0 Å². The number of ketones is 1. The largest absolute Gasteiger partial charge is 0.504 e. The molecule has 0 aliphatic carbocycles. The van der Waals surface area contributed by atoms with Crippen molar-refractivity contribution in [1.29, 1.82) is 0 Å². The van der Waals surface area contributed by atoms with Crippen LogP contribution in [0.15, 0.2) is 6.07 Å². The maximum atomic E-state index is 11.3. The van der Waals surface area contributed by atoms with Crippen molar-refractivity contribution in [3.63, 3.8) is 0 Å². The zero-order chi connectivity index (χ0) is 11.9. The van der Waals surface area contributed by atoms with Gasteiger partial charge in [-0.15, -0.1) is 0 Å². The molecule has 16 heavy (non-hydrogen) atoms. The van der Waals surface area contributed by atoms with Gasteiger partial charge in [0.15, 0.2) is 17.3 Å². The van der Waals surface area contributed by atoms with E-state index in [4.69, 9.17) is 4.74 Å². The van der Waals surface area contributed by atoms with E-state index in [9.17, 15) is 15.0 Å². The van der Waals surface area contributed by atoms with Gasteiger partial charge in [0.2, 0.25) is 5.75 Å². The van der Waals surface area contributed by atoms with Crippen LogP contribution < -0.4 is 4.74 Å². The van der Waals surface area contributed by atoms with E-state index in [1.165, 1.54) is 6.92 Å². The Labute approximate surface area is 93.5 Å².